The van der Waals surface area contributed by atoms with Crippen LogP contribution < -0.4 is 16.0 Å². The third kappa shape index (κ3) is 3.52. The Kier molecular flexibility index (Phi) is 5.15. The van der Waals surface area contributed by atoms with Crippen LogP contribution >= 0.6 is 0 Å². The average molecular weight is 358 g/mol. The summed E-state index contributed by atoms with van der Waals surface area (Å²) >= 11 is 0. The van der Waals surface area contributed by atoms with E-state index < -0.39 is 11.6 Å². The molecule has 1 fully saturated rings. The molecule has 7 nitrogen and oxygen atoms in total. The molecule has 1 saturated heterocycles. The fourth-order valence-electron chi connectivity index (χ4n) is 3.73. The lowest BCUT2D eigenvalue weighted by Crippen LogP contribution is -2.60. The Balaban J connectivity index is 1.68. The van der Waals surface area contributed by atoms with E-state index in [1.807, 2.05) is 31.2 Å². The maximum atomic E-state index is 12.8. The predicted molar refractivity (Wildman–Crippen MR) is 99.8 cm³/mol. The highest BCUT2D eigenvalue weighted by Crippen LogP contribution is 2.36. The number of likely N-dealkylation sites (tertiary alicyclic amines) is 1. The van der Waals surface area contributed by atoms with Crippen LogP contribution in [0.5, 0.6) is 0 Å². The van der Waals surface area contributed by atoms with Crippen LogP contribution in [0.25, 0.3) is 0 Å². The first-order valence-electron chi connectivity index (χ1n) is 9.20. The lowest BCUT2D eigenvalue weighted by molar-refractivity contribution is -0.138. The molecule has 0 saturated carbocycles. The van der Waals surface area contributed by atoms with Gasteiger partial charge in [-0.15, -0.1) is 0 Å². The molecular formula is C19H26N4O3. The Labute approximate surface area is 153 Å². The largest absolute Gasteiger partial charge is 0.369 e. The van der Waals surface area contributed by atoms with Gasteiger partial charge in [-0.25, -0.2) is 0 Å². The highest BCUT2D eigenvalue weighted by atomic mass is 16.2. The smallest absolute Gasteiger partial charge is 0.250 e. The van der Waals surface area contributed by atoms with Crippen LogP contribution in [0.1, 0.15) is 39.5 Å². The number of nitrogens with zero attached hydrogens (tertiary/aromatic N) is 1. The molecule has 1 unspecified atom stereocenters. The molecule has 2 heterocycles. The van der Waals surface area contributed by atoms with Crippen molar-refractivity contribution in [3.8, 4) is 0 Å². The van der Waals surface area contributed by atoms with E-state index in [2.05, 4.69) is 16.0 Å². The van der Waals surface area contributed by atoms with E-state index in [1.165, 1.54) is 6.92 Å². The number of anilines is 2. The standard InChI is InChI=1S/C19H26N4O3/c1-3-6-16(20-13(2)24)17(25)23-11-9-19(10-12-23)18(26)21-14-7-4-5-8-15(14)22-19/h4-5,7-8,16,22H,3,6,9-12H2,1-2H3,(H,20,24)(H,21,26). The first-order chi connectivity index (χ1) is 12.4. The summed E-state index contributed by atoms with van der Waals surface area (Å²) in [5.41, 5.74) is 1.02. The van der Waals surface area contributed by atoms with E-state index in [-0.39, 0.29) is 17.7 Å². The number of rotatable bonds is 4. The summed E-state index contributed by atoms with van der Waals surface area (Å²) < 4.78 is 0. The van der Waals surface area contributed by atoms with Crippen molar-refractivity contribution in [2.75, 3.05) is 23.7 Å². The number of hydrogen-bond donors (Lipinski definition) is 3. The first kappa shape index (κ1) is 18.2. The van der Waals surface area contributed by atoms with Crippen molar-refractivity contribution in [2.24, 2.45) is 0 Å². The number of nitrogens with one attached hydrogen (secondary N) is 3. The Hall–Kier alpha value is -2.57. The molecule has 0 bridgehead atoms. The molecule has 2 aliphatic heterocycles. The molecule has 0 radical (unpaired) electrons. The third-order valence-electron chi connectivity index (χ3n) is 5.17. The average Bonchev–Trinajstić information content (AvgIpc) is 2.62. The van der Waals surface area contributed by atoms with Crippen LogP contribution in [0.3, 0.4) is 0 Å². The quantitative estimate of drug-likeness (QED) is 0.764. The van der Waals surface area contributed by atoms with Gasteiger partial charge in [0.2, 0.25) is 17.7 Å². The lowest BCUT2D eigenvalue weighted by atomic mass is 9.84. The van der Waals surface area contributed by atoms with Gasteiger partial charge in [-0.05, 0) is 31.4 Å². The zero-order chi connectivity index (χ0) is 18.7. The van der Waals surface area contributed by atoms with Crippen molar-refractivity contribution in [3.63, 3.8) is 0 Å². The number of carbonyl (C=O) groups is 3. The molecule has 1 atom stereocenters. The van der Waals surface area contributed by atoms with Crippen LogP contribution in [0.2, 0.25) is 0 Å². The molecule has 3 amide bonds. The maximum Gasteiger partial charge on any atom is 0.250 e. The van der Waals surface area contributed by atoms with Gasteiger partial charge in [0.05, 0.1) is 11.4 Å². The zero-order valence-electron chi connectivity index (χ0n) is 15.3. The normalized spacial score (nSPS) is 19.2. The SMILES string of the molecule is CCCC(NC(C)=O)C(=O)N1CCC2(CC1)Nc1ccccc1NC2=O. The number of hydrogen-bond acceptors (Lipinski definition) is 4. The highest BCUT2D eigenvalue weighted by molar-refractivity contribution is 6.06. The summed E-state index contributed by atoms with van der Waals surface area (Å²) in [7, 11) is 0. The van der Waals surface area contributed by atoms with Crippen LogP contribution in [-0.2, 0) is 14.4 Å². The molecule has 1 spiro atoms. The van der Waals surface area contributed by atoms with Gasteiger partial charge >= 0.3 is 0 Å². The minimum absolute atomic E-state index is 0.0460. The summed E-state index contributed by atoms with van der Waals surface area (Å²) in [6.07, 6.45) is 2.51. The number of benzene rings is 1. The highest BCUT2D eigenvalue weighted by Gasteiger charge is 2.45. The van der Waals surface area contributed by atoms with Gasteiger partial charge in [-0.1, -0.05) is 25.5 Å². The molecule has 7 heteroatoms. The fraction of sp³-hybridized carbons (Fsp3) is 0.526. The van der Waals surface area contributed by atoms with E-state index in [9.17, 15) is 14.4 Å². The van der Waals surface area contributed by atoms with Gasteiger partial charge in [0.1, 0.15) is 11.6 Å². The number of fused-ring (bicyclic) bond motifs is 1. The number of piperidine rings is 1. The van der Waals surface area contributed by atoms with E-state index in [1.54, 1.807) is 4.90 Å². The number of amides is 3. The minimum atomic E-state index is -0.681. The zero-order valence-corrected chi connectivity index (χ0v) is 15.3. The summed E-state index contributed by atoms with van der Waals surface area (Å²) in [4.78, 5) is 38.6. The van der Waals surface area contributed by atoms with Gasteiger partial charge < -0.3 is 20.9 Å². The Bertz CT molecular complexity index is 710. The van der Waals surface area contributed by atoms with Crippen molar-refractivity contribution in [1.82, 2.24) is 10.2 Å². The molecule has 1 aromatic carbocycles. The lowest BCUT2D eigenvalue weighted by Gasteiger charge is -2.44. The van der Waals surface area contributed by atoms with Crippen molar-refractivity contribution < 1.29 is 14.4 Å². The van der Waals surface area contributed by atoms with Crippen molar-refractivity contribution in [3.05, 3.63) is 24.3 Å². The predicted octanol–water partition coefficient (Wildman–Crippen LogP) is 1.72. The van der Waals surface area contributed by atoms with Crippen LogP contribution in [0, 0.1) is 0 Å². The molecule has 2 aliphatic rings. The fourth-order valence-corrected chi connectivity index (χ4v) is 3.73. The van der Waals surface area contributed by atoms with Crippen molar-refractivity contribution in [2.45, 2.75) is 51.1 Å². The first-order valence-corrected chi connectivity index (χ1v) is 9.20. The van der Waals surface area contributed by atoms with Crippen LogP contribution in [-0.4, -0.2) is 47.3 Å². The Morgan fingerprint density at radius 3 is 2.50 bits per heavy atom. The van der Waals surface area contributed by atoms with Crippen molar-refractivity contribution >= 4 is 29.1 Å². The van der Waals surface area contributed by atoms with Gasteiger partial charge in [-0.3, -0.25) is 14.4 Å². The maximum absolute atomic E-state index is 12.8. The molecule has 0 aromatic heterocycles. The second kappa shape index (κ2) is 7.35. The molecular weight excluding hydrogens is 332 g/mol. The molecule has 1 aromatic rings. The molecule has 26 heavy (non-hydrogen) atoms. The molecule has 0 aliphatic carbocycles. The van der Waals surface area contributed by atoms with Gasteiger partial charge in [0.25, 0.3) is 0 Å². The second-order valence-corrected chi connectivity index (χ2v) is 7.07. The minimum Gasteiger partial charge on any atom is -0.369 e. The van der Waals surface area contributed by atoms with E-state index >= 15 is 0 Å². The number of para-hydroxylation sites is 2. The molecule has 140 valence electrons. The Morgan fingerprint density at radius 1 is 1.23 bits per heavy atom. The topological polar surface area (TPSA) is 90.5 Å². The summed E-state index contributed by atoms with van der Waals surface area (Å²) in [6, 6.07) is 7.14. The second-order valence-electron chi connectivity index (χ2n) is 7.07. The van der Waals surface area contributed by atoms with Crippen LogP contribution in [0.15, 0.2) is 24.3 Å². The van der Waals surface area contributed by atoms with Crippen LogP contribution in [0.4, 0.5) is 11.4 Å². The van der Waals surface area contributed by atoms with Crippen molar-refractivity contribution in [1.29, 1.82) is 0 Å². The van der Waals surface area contributed by atoms with E-state index in [0.29, 0.717) is 32.4 Å². The summed E-state index contributed by atoms with van der Waals surface area (Å²) in [5.74, 6) is -0.306. The summed E-state index contributed by atoms with van der Waals surface area (Å²) in [6.45, 7) is 4.39. The van der Waals surface area contributed by atoms with Gasteiger partial charge in [0.15, 0.2) is 0 Å². The number of carbonyl (C=O) groups excluding carboxylic acids is 3. The van der Waals surface area contributed by atoms with E-state index in [0.717, 1.165) is 17.8 Å². The third-order valence-corrected chi connectivity index (χ3v) is 5.17. The molecule has 3 rings (SSSR count). The molecule has 3 N–H and O–H groups in total. The Morgan fingerprint density at radius 2 is 1.88 bits per heavy atom. The van der Waals surface area contributed by atoms with E-state index in [4.69, 9.17) is 0 Å². The van der Waals surface area contributed by atoms with Gasteiger partial charge in [0, 0.05) is 20.0 Å². The monoisotopic (exact) mass is 358 g/mol. The summed E-state index contributed by atoms with van der Waals surface area (Å²) in [5, 5.41) is 9.11. The van der Waals surface area contributed by atoms with Gasteiger partial charge in [-0.2, -0.15) is 0 Å².